The van der Waals surface area contributed by atoms with Crippen LogP contribution in [0.3, 0.4) is 0 Å². The van der Waals surface area contributed by atoms with Crippen LogP contribution in [-0.4, -0.2) is 0 Å². The van der Waals surface area contributed by atoms with Gasteiger partial charge in [0.2, 0.25) is 0 Å². The Morgan fingerprint density at radius 2 is 1.62 bits per heavy atom. The molecule has 4 rings (SSSR count). The molecule has 0 heterocycles. The van der Waals surface area contributed by atoms with Gasteiger partial charge in [0, 0.05) is 0 Å². The summed E-state index contributed by atoms with van der Waals surface area (Å²) < 4.78 is 0. The Morgan fingerprint density at radius 1 is 0.938 bits per heavy atom. The maximum atomic E-state index is 2.46. The largest absolute Gasteiger partial charge is 0.0848 e. The highest BCUT2D eigenvalue weighted by Crippen LogP contribution is 2.67. The lowest BCUT2D eigenvalue weighted by Gasteiger charge is -2.04. The van der Waals surface area contributed by atoms with Crippen LogP contribution in [0.25, 0.3) is 6.08 Å². The summed E-state index contributed by atoms with van der Waals surface area (Å²) in [6, 6.07) is 10.7. The number of hydrogen-bond acceptors (Lipinski definition) is 0. The molecule has 80 valence electrons. The molecule has 1 aromatic carbocycles. The van der Waals surface area contributed by atoms with Gasteiger partial charge in [0.25, 0.3) is 0 Å². The highest BCUT2D eigenvalue weighted by molar-refractivity contribution is 5.50. The zero-order chi connectivity index (χ0) is 10.5. The molecule has 0 aliphatic heterocycles. The van der Waals surface area contributed by atoms with Crippen molar-refractivity contribution in [3.63, 3.8) is 0 Å². The monoisotopic (exact) mass is 208 g/mol. The van der Waals surface area contributed by atoms with Gasteiger partial charge in [0.1, 0.15) is 0 Å². The molecule has 0 N–H and O–H groups in total. The lowest BCUT2D eigenvalue weighted by Crippen LogP contribution is -1.96. The van der Waals surface area contributed by atoms with Crippen molar-refractivity contribution in [3.8, 4) is 0 Å². The van der Waals surface area contributed by atoms with E-state index in [2.05, 4.69) is 54.6 Å². The van der Waals surface area contributed by atoms with E-state index in [0.717, 1.165) is 29.6 Å². The fourth-order valence-corrected chi connectivity index (χ4v) is 3.90. The van der Waals surface area contributed by atoms with Crippen molar-refractivity contribution in [1.29, 1.82) is 0 Å². The molecule has 0 saturated heterocycles. The molecule has 0 spiro atoms. The second-order valence-corrected chi connectivity index (χ2v) is 5.45. The summed E-state index contributed by atoms with van der Waals surface area (Å²) in [6.07, 6.45) is 11.1. The third kappa shape index (κ3) is 1.16. The summed E-state index contributed by atoms with van der Waals surface area (Å²) in [4.78, 5) is 0. The Morgan fingerprint density at radius 3 is 2.31 bits per heavy atom. The van der Waals surface area contributed by atoms with Crippen LogP contribution in [0.5, 0.6) is 0 Å². The van der Waals surface area contributed by atoms with Crippen LogP contribution in [0.1, 0.15) is 12.0 Å². The first-order valence-electron chi connectivity index (χ1n) is 6.35. The molecule has 1 unspecified atom stereocenters. The molecule has 5 atom stereocenters. The summed E-state index contributed by atoms with van der Waals surface area (Å²) in [5.41, 5.74) is 1.34. The van der Waals surface area contributed by atoms with Gasteiger partial charge in [0.05, 0.1) is 0 Å². The Kier molecular flexibility index (Phi) is 1.71. The highest BCUT2D eigenvalue weighted by atomic mass is 14.7. The molecule has 0 radical (unpaired) electrons. The van der Waals surface area contributed by atoms with Gasteiger partial charge in [-0.25, -0.2) is 0 Å². The molecular formula is C16H16. The summed E-state index contributed by atoms with van der Waals surface area (Å²) in [5.74, 6) is 4.70. The van der Waals surface area contributed by atoms with E-state index in [1.807, 2.05) is 0 Å². The van der Waals surface area contributed by atoms with Gasteiger partial charge in [-0.05, 0) is 41.6 Å². The normalized spacial score (nSPS) is 42.9. The van der Waals surface area contributed by atoms with Gasteiger partial charge in [-0.3, -0.25) is 0 Å². The van der Waals surface area contributed by atoms with Crippen molar-refractivity contribution >= 4 is 6.08 Å². The van der Waals surface area contributed by atoms with Crippen LogP contribution in [0.15, 0.2) is 48.6 Å². The van der Waals surface area contributed by atoms with E-state index >= 15 is 0 Å². The van der Waals surface area contributed by atoms with E-state index in [1.54, 1.807) is 0 Å². The molecule has 0 aromatic heterocycles. The van der Waals surface area contributed by atoms with Crippen molar-refractivity contribution in [1.82, 2.24) is 0 Å². The second-order valence-electron chi connectivity index (χ2n) is 5.45. The number of benzene rings is 1. The topological polar surface area (TPSA) is 0 Å². The third-order valence-corrected chi connectivity index (χ3v) is 4.64. The van der Waals surface area contributed by atoms with Crippen LogP contribution < -0.4 is 0 Å². The summed E-state index contributed by atoms with van der Waals surface area (Å²) >= 11 is 0. The number of allylic oxidation sites excluding steroid dienone is 3. The van der Waals surface area contributed by atoms with E-state index in [0.29, 0.717) is 0 Å². The molecule has 2 bridgehead atoms. The first-order valence-corrected chi connectivity index (χ1v) is 6.35. The standard InChI is InChI=1S/C16H16/c1-2-4-11(5-3-1)6-9-14-15-12-7-8-13(10-12)16(14)15/h1-9,12-16H,10H2/b9-6+/t12-,13+,14?,15-,16+. The Hall–Kier alpha value is -1.30. The van der Waals surface area contributed by atoms with Gasteiger partial charge in [-0.1, -0.05) is 54.6 Å². The lowest BCUT2D eigenvalue weighted by molar-refractivity contribution is 0.530. The van der Waals surface area contributed by atoms with Crippen molar-refractivity contribution in [2.24, 2.45) is 29.6 Å². The average Bonchev–Trinajstić information content (AvgIpc) is 2.72. The molecule has 2 fully saturated rings. The summed E-state index contributed by atoms with van der Waals surface area (Å²) in [7, 11) is 0. The quantitative estimate of drug-likeness (QED) is 0.649. The van der Waals surface area contributed by atoms with E-state index in [4.69, 9.17) is 0 Å². The fourth-order valence-electron chi connectivity index (χ4n) is 3.90. The van der Waals surface area contributed by atoms with Gasteiger partial charge in [-0.2, -0.15) is 0 Å². The van der Waals surface area contributed by atoms with E-state index < -0.39 is 0 Å². The molecule has 0 heteroatoms. The summed E-state index contributed by atoms with van der Waals surface area (Å²) in [5, 5.41) is 0. The molecule has 1 aromatic rings. The molecule has 3 aliphatic rings. The Labute approximate surface area is 96.7 Å². The van der Waals surface area contributed by atoms with Crippen molar-refractivity contribution in [2.75, 3.05) is 0 Å². The van der Waals surface area contributed by atoms with Crippen molar-refractivity contribution in [3.05, 3.63) is 54.1 Å². The van der Waals surface area contributed by atoms with Gasteiger partial charge in [-0.15, -0.1) is 0 Å². The number of fused-ring (bicyclic) bond motifs is 5. The van der Waals surface area contributed by atoms with E-state index in [9.17, 15) is 0 Å². The predicted octanol–water partition coefficient (Wildman–Crippen LogP) is 3.77. The van der Waals surface area contributed by atoms with Crippen LogP contribution in [0.4, 0.5) is 0 Å². The van der Waals surface area contributed by atoms with Gasteiger partial charge >= 0.3 is 0 Å². The molecular weight excluding hydrogens is 192 g/mol. The van der Waals surface area contributed by atoms with Crippen molar-refractivity contribution in [2.45, 2.75) is 6.42 Å². The Bertz CT molecular complexity index is 436. The van der Waals surface area contributed by atoms with Crippen molar-refractivity contribution < 1.29 is 0 Å². The minimum atomic E-state index is 0.874. The van der Waals surface area contributed by atoms with Crippen LogP contribution in [0, 0.1) is 29.6 Å². The smallest absolute Gasteiger partial charge is 0.0156 e. The zero-order valence-electron chi connectivity index (χ0n) is 9.29. The Balaban J connectivity index is 1.50. The molecule has 3 aliphatic carbocycles. The minimum Gasteiger partial charge on any atom is -0.0848 e. The first kappa shape index (κ1) is 8.81. The molecule has 2 saturated carbocycles. The van der Waals surface area contributed by atoms with E-state index in [-0.39, 0.29) is 0 Å². The predicted molar refractivity (Wildman–Crippen MR) is 66.7 cm³/mol. The maximum absolute atomic E-state index is 2.46. The van der Waals surface area contributed by atoms with Crippen LogP contribution in [-0.2, 0) is 0 Å². The fraction of sp³-hybridized carbons (Fsp3) is 0.375. The lowest BCUT2D eigenvalue weighted by atomic mass is 10.0. The SMILES string of the molecule is C1=C[C@H]2C[C@@H]1[C@@H]1C(/C=C/c3ccccc3)[C@@H]12. The summed E-state index contributed by atoms with van der Waals surface area (Å²) in [6.45, 7) is 0. The first-order chi connectivity index (χ1) is 7.93. The van der Waals surface area contributed by atoms with Crippen LogP contribution in [0.2, 0.25) is 0 Å². The zero-order valence-corrected chi connectivity index (χ0v) is 9.29. The molecule has 0 amide bonds. The second kappa shape index (κ2) is 3.10. The van der Waals surface area contributed by atoms with E-state index in [1.165, 1.54) is 12.0 Å². The minimum absolute atomic E-state index is 0.874. The number of rotatable bonds is 2. The number of hydrogen-bond donors (Lipinski definition) is 0. The molecule has 0 nitrogen and oxygen atoms in total. The molecule has 16 heavy (non-hydrogen) atoms. The van der Waals surface area contributed by atoms with Gasteiger partial charge < -0.3 is 0 Å². The third-order valence-electron chi connectivity index (χ3n) is 4.64. The highest BCUT2D eigenvalue weighted by Gasteiger charge is 2.61. The average molecular weight is 208 g/mol. The maximum Gasteiger partial charge on any atom is -0.0156 e. The van der Waals surface area contributed by atoms with Crippen LogP contribution >= 0.6 is 0 Å². The van der Waals surface area contributed by atoms with Gasteiger partial charge in [0.15, 0.2) is 0 Å².